The Hall–Kier alpha value is -2.16. The van der Waals surface area contributed by atoms with Crippen LogP contribution in [0.15, 0.2) is 18.2 Å². The lowest BCUT2D eigenvalue weighted by Gasteiger charge is -2.22. The van der Waals surface area contributed by atoms with Gasteiger partial charge in [-0.25, -0.2) is 0 Å². The van der Waals surface area contributed by atoms with Crippen molar-refractivity contribution in [2.75, 3.05) is 18.2 Å². The lowest BCUT2D eigenvalue weighted by Crippen LogP contribution is -2.40. The van der Waals surface area contributed by atoms with Crippen LogP contribution in [-0.2, 0) is 25.3 Å². The smallest absolute Gasteiger partial charge is 0.380 e. The van der Waals surface area contributed by atoms with E-state index in [2.05, 4.69) is 9.50 Å². The van der Waals surface area contributed by atoms with Crippen molar-refractivity contribution in [3.05, 3.63) is 29.3 Å². The summed E-state index contributed by atoms with van der Waals surface area (Å²) in [4.78, 5) is 12.3. The number of benzene rings is 1. The van der Waals surface area contributed by atoms with Gasteiger partial charge in [-0.05, 0) is 38.0 Å². The molecule has 1 aromatic rings. The van der Waals surface area contributed by atoms with Crippen LogP contribution in [-0.4, -0.2) is 37.9 Å². The minimum absolute atomic E-state index is 0.142. The number of anilines is 1. The molecule has 1 rings (SSSR count). The number of halogens is 3. The molecule has 0 aliphatic carbocycles. The van der Waals surface area contributed by atoms with Crippen molar-refractivity contribution in [2.45, 2.75) is 70.1 Å². The van der Waals surface area contributed by atoms with E-state index in [1.165, 1.54) is 19.1 Å². The minimum atomic E-state index is -4.74. The number of nitrogens with one attached hydrogen (secondary N) is 1. The number of aliphatic hydroxyl groups is 1. The molecular formula is C21H29F3N2O5S. The van der Waals surface area contributed by atoms with Gasteiger partial charge < -0.3 is 10.4 Å². The number of nitriles is 1. The molecule has 0 radical (unpaired) electrons. The van der Waals surface area contributed by atoms with Crippen molar-refractivity contribution >= 4 is 21.7 Å². The van der Waals surface area contributed by atoms with E-state index in [9.17, 15) is 31.5 Å². The number of hydrogen-bond donors (Lipinski definition) is 2. The molecule has 2 N–H and O–H groups in total. The average molecular weight is 479 g/mol. The van der Waals surface area contributed by atoms with Crippen LogP contribution in [0.3, 0.4) is 0 Å². The number of alkyl halides is 3. The van der Waals surface area contributed by atoms with E-state index in [-0.39, 0.29) is 18.7 Å². The molecule has 7 nitrogen and oxygen atoms in total. The first-order chi connectivity index (χ1) is 14.8. The maximum atomic E-state index is 13.0. The Morgan fingerprint density at radius 1 is 1.12 bits per heavy atom. The Labute approximate surface area is 186 Å². The van der Waals surface area contributed by atoms with Crippen LogP contribution >= 0.6 is 0 Å². The number of carbonyl (C=O) groups is 1. The third-order valence-electron chi connectivity index (χ3n) is 4.80. The van der Waals surface area contributed by atoms with E-state index >= 15 is 0 Å². The molecule has 0 aromatic heterocycles. The Kier molecular flexibility index (Phi) is 10.6. The summed E-state index contributed by atoms with van der Waals surface area (Å²) >= 11 is 0. The van der Waals surface area contributed by atoms with Crippen LogP contribution in [0, 0.1) is 11.3 Å². The number of rotatable bonds is 13. The zero-order valence-corrected chi connectivity index (χ0v) is 19.0. The van der Waals surface area contributed by atoms with Crippen molar-refractivity contribution in [2.24, 2.45) is 0 Å². The molecule has 1 amide bonds. The molecule has 180 valence electrons. The maximum absolute atomic E-state index is 13.0. The zero-order chi connectivity index (χ0) is 24.4. The highest BCUT2D eigenvalue weighted by Gasteiger charge is 2.35. The van der Waals surface area contributed by atoms with Crippen molar-refractivity contribution in [1.82, 2.24) is 0 Å². The normalized spacial score (nSPS) is 13.9. The summed E-state index contributed by atoms with van der Waals surface area (Å²) in [6.07, 6.45) is 1.90. The minimum Gasteiger partial charge on any atom is -0.380 e. The molecule has 0 heterocycles. The lowest BCUT2D eigenvalue weighted by atomic mass is 9.96. The van der Waals surface area contributed by atoms with Crippen molar-refractivity contribution < 1.29 is 35.7 Å². The van der Waals surface area contributed by atoms with E-state index in [0.717, 1.165) is 44.4 Å². The van der Waals surface area contributed by atoms with E-state index < -0.39 is 38.9 Å². The molecule has 0 bridgehead atoms. The molecule has 0 aliphatic rings. The van der Waals surface area contributed by atoms with Gasteiger partial charge in [0, 0.05) is 5.69 Å². The molecule has 11 heteroatoms. The maximum Gasteiger partial charge on any atom is 0.417 e. The summed E-state index contributed by atoms with van der Waals surface area (Å²) < 4.78 is 65.4. The lowest BCUT2D eigenvalue weighted by molar-refractivity contribution is -0.138. The van der Waals surface area contributed by atoms with Crippen LogP contribution in [0.1, 0.15) is 69.4 Å². The summed E-state index contributed by atoms with van der Waals surface area (Å²) in [6, 6.07) is 4.30. The van der Waals surface area contributed by atoms with Crippen LogP contribution in [0.2, 0.25) is 0 Å². The van der Waals surface area contributed by atoms with Crippen LogP contribution in [0.5, 0.6) is 0 Å². The molecule has 1 unspecified atom stereocenters. The fourth-order valence-electron chi connectivity index (χ4n) is 3.00. The van der Waals surface area contributed by atoms with E-state index in [0.29, 0.717) is 18.9 Å². The standard InChI is InChI=1S/C21H29F3N2O5S/c1-20(28,12-8-6-4-3-5-7-9-13-31-32(2,29)30)19(27)26-17-11-10-16(15-25)18(14-17)21(22,23)24/h10-11,14,28H,3-9,12-13H2,1-2H3,(H,26,27). The van der Waals surface area contributed by atoms with Gasteiger partial charge in [-0.1, -0.05) is 38.5 Å². The monoisotopic (exact) mass is 478 g/mol. The molecule has 0 fully saturated rings. The molecule has 0 saturated carbocycles. The van der Waals surface area contributed by atoms with Gasteiger partial charge in [-0.15, -0.1) is 0 Å². The zero-order valence-electron chi connectivity index (χ0n) is 18.2. The Balaban J connectivity index is 2.38. The largest absolute Gasteiger partial charge is 0.417 e. The topological polar surface area (TPSA) is 116 Å². The summed E-state index contributed by atoms with van der Waals surface area (Å²) in [5.41, 5.74) is -3.61. The molecule has 1 aromatic carbocycles. The van der Waals surface area contributed by atoms with Gasteiger partial charge in [-0.2, -0.15) is 26.9 Å². The van der Waals surface area contributed by atoms with Gasteiger partial charge in [0.05, 0.1) is 30.1 Å². The van der Waals surface area contributed by atoms with E-state index in [1.807, 2.05) is 0 Å². The van der Waals surface area contributed by atoms with Crippen molar-refractivity contribution in [1.29, 1.82) is 5.26 Å². The molecule has 32 heavy (non-hydrogen) atoms. The highest BCUT2D eigenvalue weighted by molar-refractivity contribution is 7.85. The van der Waals surface area contributed by atoms with Crippen LogP contribution in [0.25, 0.3) is 0 Å². The second-order valence-electron chi connectivity index (χ2n) is 7.85. The van der Waals surface area contributed by atoms with Gasteiger partial charge >= 0.3 is 6.18 Å². The van der Waals surface area contributed by atoms with Gasteiger partial charge in [0.25, 0.3) is 16.0 Å². The fourth-order valence-corrected chi connectivity index (χ4v) is 3.42. The van der Waals surface area contributed by atoms with Crippen molar-refractivity contribution in [3.63, 3.8) is 0 Å². The number of amides is 1. The Morgan fingerprint density at radius 2 is 1.69 bits per heavy atom. The second-order valence-corrected chi connectivity index (χ2v) is 9.49. The number of carbonyl (C=O) groups excluding carboxylic acids is 1. The molecular weight excluding hydrogens is 449 g/mol. The molecule has 0 saturated heterocycles. The Morgan fingerprint density at radius 3 is 2.22 bits per heavy atom. The van der Waals surface area contributed by atoms with Gasteiger partial charge in [0.2, 0.25) is 0 Å². The molecule has 0 spiro atoms. The Bertz CT molecular complexity index is 909. The third-order valence-corrected chi connectivity index (χ3v) is 5.39. The summed E-state index contributed by atoms with van der Waals surface area (Å²) in [6.45, 7) is 1.47. The van der Waals surface area contributed by atoms with Gasteiger partial charge in [-0.3, -0.25) is 8.98 Å². The average Bonchev–Trinajstić information content (AvgIpc) is 2.67. The summed E-state index contributed by atoms with van der Waals surface area (Å²) in [7, 11) is -3.40. The highest BCUT2D eigenvalue weighted by atomic mass is 32.2. The third kappa shape index (κ3) is 10.4. The van der Waals surface area contributed by atoms with E-state index in [1.54, 1.807) is 0 Å². The number of unbranched alkanes of at least 4 members (excludes halogenated alkanes) is 6. The SMILES string of the molecule is CC(O)(CCCCCCCCCOS(C)(=O)=O)C(=O)Nc1ccc(C#N)c(C(F)(F)F)c1. The summed E-state index contributed by atoms with van der Waals surface area (Å²) in [5, 5.41) is 21.5. The number of hydrogen-bond acceptors (Lipinski definition) is 6. The van der Waals surface area contributed by atoms with Gasteiger partial charge in [0.15, 0.2) is 0 Å². The highest BCUT2D eigenvalue weighted by Crippen LogP contribution is 2.33. The first kappa shape index (κ1) is 27.9. The number of nitrogens with zero attached hydrogens (tertiary/aromatic N) is 1. The molecule has 1 atom stereocenters. The predicted molar refractivity (Wildman–Crippen MR) is 113 cm³/mol. The van der Waals surface area contributed by atoms with Crippen LogP contribution in [0.4, 0.5) is 18.9 Å². The van der Waals surface area contributed by atoms with Crippen LogP contribution < -0.4 is 5.32 Å². The van der Waals surface area contributed by atoms with Gasteiger partial charge in [0.1, 0.15) is 5.60 Å². The quantitative estimate of drug-likeness (QED) is 0.321. The van der Waals surface area contributed by atoms with E-state index in [4.69, 9.17) is 5.26 Å². The van der Waals surface area contributed by atoms with Crippen molar-refractivity contribution in [3.8, 4) is 6.07 Å². The predicted octanol–water partition coefficient (Wildman–Crippen LogP) is 4.36. The first-order valence-electron chi connectivity index (χ1n) is 10.3. The fraction of sp³-hybridized carbons (Fsp3) is 0.619. The first-order valence-corrected chi connectivity index (χ1v) is 12.1. The second kappa shape index (κ2) is 12.2. The molecule has 0 aliphatic heterocycles. The summed E-state index contributed by atoms with van der Waals surface area (Å²) in [5.74, 6) is -0.818.